The molecule has 4 rings (SSSR count). The van der Waals surface area contributed by atoms with Crippen molar-refractivity contribution in [1.29, 1.82) is 0 Å². The van der Waals surface area contributed by atoms with E-state index >= 15 is 0 Å². The van der Waals surface area contributed by atoms with E-state index in [0.29, 0.717) is 5.69 Å². The summed E-state index contributed by atoms with van der Waals surface area (Å²) in [6, 6.07) is 1.95. The van der Waals surface area contributed by atoms with Gasteiger partial charge >= 0.3 is 0 Å². The molecule has 0 radical (unpaired) electrons. The number of fused-ring (bicyclic) bond motifs is 1. The van der Waals surface area contributed by atoms with Gasteiger partial charge in [0.05, 0.1) is 35.5 Å². The molecule has 1 aliphatic rings. The number of anilines is 2. The summed E-state index contributed by atoms with van der Waals surface area (Å²) in [6.45, 7) is 3.22. The van der Waals surface area contributed by atoms with E-state index in [2.05, 4.69) is 20.0 Å². The largest absolute Gasteiger partial charge is 0.397 e. The fourth-order valence-corrected chi connectivity index (χ4v) is 3.54. The summed E-state index contributed by atoms with van der Waals surface area (Å²) < 4.78 is 8.13. The molecular weight excluding hydrogens is 300 g/mol. The molecule has 0 bridgehead atoms. The lowest BCUT2D eigenvalue weighted by Gasteiger charge is -2.25. The number of nitrogen functional groups attached to an aromatic ring is 1. The fourth-order valence-electron chi connectivity index (χ4n) is 2.53. The van der Waals surface area contributed by atoms with Crippen LogP contribution in [0.4, 0.5) is 10.8 Å². The number of pyridine rings is 1. The van der Waals surface area contributed by atoms with Crippen LogP contribution in [-0.4, -0.2) is 46.1 Å². The van der Waals surface area contributed by atoms with Gasteiger partial charge in [-0.3, -0.25) is 4.68 Å². The molecular formula is C14H16N6OS. The number of nitrogens with two attached hydrogens (primary N) is 1. The summed E-state index contributed by atoms with van der Waals surface area (Å²) in [5.41, 5.74) is 9.19. The molecule has 7 nitrogen and oxygen atoms in total. The Bertz CT molecular complexity index is 820. The van der Waals surface area contributed by atoms with E-state index in [9.17, 15) is 0 Å². The summed E-state index contributed by atoms with van der Waals surface area (Å²) in [4.78, 5) is 11.5. The third kappa shape index (κ3) is 2.30. The average molecular weight is 316 g/mol. The van der Waals surface area contributed by atoms with Crippen molar-refractivity contribution >= 4 is 32.5 Å². The second kappa shape index (κ2) is 5.22. The van der Waals surface area contributed by atoms with Crippen molar-refractivity contribution in [3.63, 3.8) is 0 Å². The van der Waals surface area contributed by atoms with Crippen molar-refractivity contribution in [1.82, 2.24) is 19.7 Å². The van der Waals surface area contributed by atoms with Gasteiger partial charge < -0.3 is 15.4 Å². The van der Waals surface area contributed by atoms with Gasteiger partial charge in [-0.05, 0) is 6.07 Å². The number of thiazole rings is 1. The standard InChI is InChI=1S/C14H16N6OS/c1-19-8-9(7-16-19)12-10(15)6-11-13(17-12)18-14(22-11)20-2-4-21-5-3-20/h6-8H,2-5,15H2,1H3. The Morgan fingerprint density at radius 3 is 2.82 bits per heavy atom. The Balaban J connectivity index is 1.76. The zero-order valence-electron chi connectivity index (χ0n) is 12.2. The zero-order chi connectivity index (χ0) is 15.1. The Morgan fingerprint density at radius 2 is 2.09 bits per heavy atom. The molecule has 0 aliphatic carbocycles. The molecule has 1 aliphatic heterocycles. The average Bonchev–Trinajstić information content (AvgIpc) is 3.13. The Kier molecular flexibility index (Phi) is 3.20. The molecule has 4 heterocycles. The molecule has 22 heavy (non-hydrogen) atoms. The molecule has 1 fully saturated rings. The number of hydrogen-bond acceptors (Lipinski definition) is 7. The third-order valence-corrected chi connectivity index (χ3v) is 4.71. The summed E-state index contributed by atoms with van der Waals surface area (Å²) in [5, 5.41) is 5.15. The second-order valence-corrected chi connectivity index (χ2v) is 6.26. The number of morpholine rings is 1. The molecule has 0 atom stereocenters. The summed E-state index contributed by atoms with van der Waals surface area (Å²) in [7, 11) is 1.87. The van der Waals surface area contributed by atoms with Crippen molar-refractivity contribution < 1.29 is 4.74 Å². The van der Waals surface area contributed by atoms with E-state index in [0.717, 1.165) is 53.0 Å². The monoisotopic (exact) mass is 316 g/mol. The van der Waals surface area contributed by atoms with Crippen LogP contribution in [0.25, 0.3) is 21.6 Å². The predicted molar refractivity (Wildman–Crippen MR) is 87.1 cm³/mol. The highest BCUT2D eigenvalue weighted by Gasteiger charge is 2.17. The van der Waals surface area contributed by atoms with Crippen LogP contribution in [0.1, 0.15) is 0 Å². The molecule has 3 aromatic heterocycles. The predicted octanol–water partition coefficient (Wildman–Crippen LogP) is 1.51. The van der Waals surface area contributed by atoms with Crippen LogP contribution in [0.2, 0.25) is 0 Å². The van der Waals surface area contributed by atoms with Gasteiger partial charge in [-0.25, -0.2) is 4.98 Å². The molecule has 0 saturated carbocycles. The van der Waals surface area contributed by atoms with Crippen LogP contribution in [0, 0.1) is 0 Å². The minimum Gasteiger partial charge on any atom is -0.397 e. The first-order chi connectivity index (χ1) is 10.7. The number of aryl methyl sites for hydroxylation is 1. The van der Waals surface area contributed by atoms with Gasteiger partial charge in [0.1, 0.15) is 0 Å². The van der Waals surface area contributed by atoms with Crippen LogP contribution in [0.5, 0.6) is 0 Å². The molecule has 0 amide bonds. The Hall–Kier alpha value is -2.19. The SMILES string of the molecule is Cn1cc(-c2nc3nc(N4CCOCC4)sc3cc2N)cn1. The lowest BCUT2D eigenvalue weighted by molar-refractivity contribution is 0.122. The zero-order valence-corrected chi connectivity index (χ0v) is 13.0. The van der Waals surface area contributed by atoms with Gasteiger partial charge in [-0.2, -0.15) is 10.1 Å². The van der Waals surface area contributed by atoms with E-state index in [1.54, 1.807) is 22.2 Å². The highest BCUT2D eigenvalue weighted by molar-refractivity contribution is 7.22. The van der Waals surface area contributed by atoms with Gasteiger partial charge in [0.15, 0.2) is 10.8 Å². The summed E-state index contributed by atoms with van der Waals surface area (Å²) >= 11 is 1.62. The van der Waals surface area contributed by atoms with Crippen molar-refractivity contribution in [3.05, 3.63) is 18.5 Å². The van der Waals surface area contributed by atoms with Crippen LogP contribution >= 0.6 is 11.3 Å². The molecule has 0 spiro atoms. The van der Waals surface area contributed by atoms with Crippen LogP contribution in [0.3, 0.4) is 0 Å². The smallest absolute Gasteiger partial charge is 0.188 e. The maximum atomic E-state index is 6.16. The normalized spacial score (nSPS) is 15.6. The molecule has 0 unspecified atom stereocenters. The number of hydrogen-bond donors (Lipinski definition) is 1. The Labute approximate surface area is 131 Å². The highest BCUT2D eigenvalue weighted by atomic mass is 32.1. The third-order valence-electron chi connectivity index (χ3n) is 3.66. The minimum absolute atomic E-state index is 0.651. The maximum Gasteiger partial charge on any atom is 0.188 e. The number of rotatable bonds is 2. The molecule has 0 aromatic carbocycles. The van der Waals surface area contributed by atoms with Gasteiger partial charge in [0.2, 0.25) is 0 Å². The van der Waals surface area contributed by atoms with Crippen molar-refractivity contribution in [2.24, 2.45) is 7.05 Å². The number of ether oxygens (including phenoxy) is 1. The molecule has 8 heteroatoms. The van der Waals surface area contributed by atoms with E-state index in [1.807, 2.05) is 19.3 Å². The van der Waals surface area contributed by atoms with Gasteiger partial charge in [-0.15, -0.1) is 0 Å². The van der Waals surface area contributed by atoms with Crippen molar-refractivity contribution in [3.8, 4) is 11.3 Å². The van der Waals surface area contributed by atoms with Gasteiger partial charge in [0, 0.05) is 31.9 Å². The lowest BCUT2D eigenvalue weighted by Crippen LogP contribution is -2.36. The molecule has 2 N–H and O–H groups in total. The topological polar surface area (TPSA) is 82.1 Å². The minimum atomic E-state index is 0.651. The first-order valence-corrected chi connectivity index (χ1v) is 7.91. The van der Waals surface area contributed by atoms with Crippen LogP contribution < -0.4 is 10.6 Å². The Morgan fingerprint density at radius 1 is 1.27 bits per heavy atom. The molecule has 3 aromatic rings. The van der Waals surface area contributed by atoms with Crippen LogP contribution in [-0.2, 0) is 11.8 Å². The van der Waals surface area contributed by atoms with Crippen molar-refractivity contribution in [2.75, 3.05) is 36.9 Å². The van der Waals surface area contributed by atoms with Gasteiger partial charge in [-0.1, -0.05) is 11.3 Å². The second-order valence-electron chi connectivity index (χ2n) is 5.25. The first kappa shape index (κ1) is 13.5. The van der Waals surface area contributed by atoms with E-state index in [4.69, 9.17) is 10.5 Å². The quantitative estimate of drug-likeness (QED) is 0.772. The molecule has 114 valence electrons. The van der Waals surface area contributed by atoms with Gasteiger partial charge in [0.25, 0.3) is 0 Å². The lowest BCUT2D eigenvalue weighted by atomic mass is 10.2. The van der Waals surface area contributed by atoms with Crippen molar-refractivity contribution in [2.45, 2.75) is 0 Å². The molecule has 1 saturated heterocycles. The fraction of sp³-hybridized carbons (Fsp3) is 0.357. The first-order valence-electron chi connectivity index (χ1n) is 7.09. The van der Waals surface area contributed by atoms with Crippen LogP contribution in [0.15, 0.2) is 18.5 Å². The number of aromatic nitrogens is 4. The summed E-state index contributed by atoms with van der Waals surface area (Å²) in [5.74, 6) is 0. The maximum absolute atomic E-state index is 6.16. The highest BCUT2D eigenvalue weighted by Crippen LogP contribution is 2.33. The number of nitrogens with zero attached hydrogens (tertiary/aromatic N) is 5. The summed E-state index contributed by atoms with van der Waals surface area (Å²) in [6.07, 6.45) is 3.67. The van der Waals surface area contributed by atoms with E-state index < -0.39 is 0 Å². The van der Waals surface area contributed by atoms with E-state index in [1.165, 1.54) is 0 Å². The van der Waals surface area contributed by atoms with E-state index in [-0.39, 0.29) is 0 Å².